The standard InChI is InChI=1S/C15H17N5O/c1-12-17-18-15(21-12)11-19(2)10-13-4-6-14(7-5-13)20-9-3-8-16-20/h3-9H,10-11H2,1-2H3. The highest BCUT2D eigenvalue weighted by Gasteiger charge is 2.07. The van der Waals surface area contributed by atoms with Crippen LogP contribution < -0.4 is 0 Å². The highest BCUT2D eigenvalue weighted by atomic mass is 16.4. The number of aryl methyl sites for hydroxylation is 1. The Hall–Kier alpha value is -2.47. The van der Waals surface area contributed by atoms with Crippen LogP contribution in [0.3, 0.4) is 0 Å². The number of aromatic nitrogens is 4. The minimum Gasteiger partial charge on any atom is -0.424 e. The molecule has 0 spiro atoms. The van der Waals surface area contributed by atoms with Crippen LogP contribution in [0.4, 0.5) is 0 Å². The average molecular weight is 283 g/mol. The maximum Gasteiger partial charge on any atom is 0.230 e. The molecule has 108 valence electrons. The van der Waals surface area contributed by atoms with Crippen molar-refractivity contribution in [3.8, 4) is 5.69 Å². The number of hydrogen-bond acceptors (Lipinski definition) is 5. The molecule has 2 heterocycles. The largest absolute Gasteiger partial charge is 0.424 e. The van der Waals surface area contributed by atoms with Gasteiger partial charge in [-0.2, -0.15) is 5.10 Å². The van der Waals surface area contributed by atoms with Crippen LogP contribution >= 0.6 is 0 Å². The lowest BCUT2D eigenvalue weighted by molar-refractivity contribution is 0.279. The Kier molecular flexibility index (Phi) is 3.79. The molecule has 3 aromatic rings. The minimum atomic E-state index is 0.599. The van der Waals surface area contributed by atoms with Crippen LogP contribution in [0.25, 0.3) is 5.69 Å². The summed E-state index contributed by atoms with van der Waals surface area (Å²) in [6, 6.07) is 10.2. The Morgan fingerprint density at radius 1 is 1.14 bits per heavy atom. The minimum absolute atomic E-state index is 0.599. The molecule has 6 nitrogen and oxygen atoms in total. The van der Waals surface area contributed by atoms with Gasteiger partial charge in [-0.1, -0.05) is 12.1 Å². The van der Waals surface area contributed by atoms with Crippen molar-refractivity contribution < 1.29 is 4.42 Å². The molecule has 0 bridgehead atoms. The molecule has 2 aromatic heterocycles. The summed E-state index contributed by atoms with van der Waals surface area (Å²) in [5, 5.41) is 12.1. The quantitative estimate of drug-likeness (QED) is 0.718. The van der Waals surface area contributed by atoms with Gasteiger partial charge in [0.05, 0.1) is 12.2 Å². The molecular formula is C15H17N5O. The Balaban J connectivity index is 1.62. The molecule has 0 N–H and O–H groups in total. The highest BCUT2D eigenvalue weighted by Crippen LogP contribution is 2.11. The summed E-state index contributed by atoms with van der Waals surface area (Å²) in [5.41, 5.74) is 2.28. The van der Waals surface area contributed by atoms with E-state index in [9.17, 15) is 0 Å². The predicted molar refractivity (Wildman–Crippen MR) is 77.8 cm³/mol. The van der Waals surface area contributed by atoms with E-state index in [2.05, 4.69) is 44.5 Å². The number of rotatable bonds is 5. The first kappa shape index (κ1) is 13.5. The third-order valence-electron chi connectivity index (χ3n) is 3.13. The Morgan fingerprint density at radius 2 is 1.95 bits per heavy atom. The van der Waals surface area contributed by atoms with E-state index in [1.165, 1.54) is 5.56 Å². The summed E-state index contributed by atoms with van der Waals surface area (Å²) < 4.78 is 7.23. The highest BCUT2D eigenvalue weighted by molar-refractivity contribution is 5.33. The van der Waals surface area contributed by atoms with Crippen molar-refractivity contribution in [2.75, 3.05) is 7.05 Å². The van der Waals surface area contributed by atoms with Gasteiger partial charge in [0, 0.05) is 25.9 Å². The van der Waals surface area contributed by atoms with E-state index in [1.807, 2.05) is 24.0 Å². The third-order valence-corrected chi connectivity index (χ3v) is 3.13. The van der Waals surface area contributed by atoms with Gasteiger partial charge in [-0.25, -0.2) is 4.68 Å². The second kappa shape index (κ2) is 5.88. The van der Waals surface area contributed by atoms with E-state index < -0.39 is 0 Å². The second-order valence-electron chi connectivity index (χ2n) is 5.00. The zero-order chi connectivity index (χ0) is 14.7. The lowest BCUT2D eigenvalue weighted by Crippen LogP contribution is -2.17. The first-order valence-corrected chi connectivity index (χ1v) is 6.77. The molecule has 0 aliphatic heterocycles. The van der Waals surface area contributed by atoms with E-state index in [4.69, 9.17) is 4.42 Å². The molecule has 0 radical (unpaired) electrons. The van der Waals surface area contributed by atoms with Crippen molar-refractivity contribution >= 4 is 0 Å². The average Bonchev–Trinajstić information content (AvgIpc) is 3.11. The Bertz CT molecular complexity index is 687. The summed E-state index contributed by atoms with van der Waals surface area (Å²) >= 11 is 0. The molecule has 0 saturated carbocycles. The molecule has 0 amide bonds. The molecule has 3 rings (SSSR count). The van der Waals surface area contributed by atoms with Crippen molar-refractivity contribution in [3.63, 3.8) is 0 Å². The van der Waals surface area contributed by atoms with Crippen LogP contribution in [0.2, 0.25) is 0 Å². The van der Waals surface area contributed by atoms with Gasteiger partial charge in [-0.15, -0.1) is 10.2 Å². The SMILES string of the molecule is Cc1nnc(CN(C)Cc2ccc(-n3cccn3)cc2)o1. The van der Waals surface area contributed by atoms with E-state index in [0.29, 0.717) is 18.3 Å². The summed E-state index contributed by atoms with van der Waals surface area (Å²) in [5.74, 6) is 1.24. The van der Waals surface area contributed by atoms with E-state index >= 15 is 0 Å². The topological polar surface area (TPSA) is 60.0 Å². The summed E-state index contributed by atoms with van der Waals surface area (Å²) in [6.07, 6.45) is 3.70. The smallest absolute Gasteiger partial charge is 0.230 e. The summed E-state index contributed by atoms with van der Waals surface area (Å²) in [6.45, 7) is 3.26. The van der Waals surface area contributed by atoms with Crippen molar-refractivity contribution in [2.45, 2.75) is 20.0 Å². The monoisotopic (exact) mass is 283 g/mol. The van der Waals surface area contributed by atoms with Crippen molar-refractivity contribution in [1.82, 2.24) is 24.9 Å². The van der Waals surface area contributed by atoms with Gasteiger partial charge in [0.2, 0.25) is 11.8 Å². The first-order valence-electron chi connectivity index (χ1n) is 6.77. The van der Waals surface area contributed by atoms with Crippen LogP contribution in [-0.2, 0) is 13.1 Å². The van der Waals surface area contributed by atoms with Crippen LogP contribution in [0.15, 0.2) is 47.1 Å². The van der Waals surface area contributed by atoms with Gasteiger partial charge in [-0.05, 0) is 30.8 Å². The molecule has 0 fully saturated rings. The van der Waals surface area contributed by atoms with Gasteiger partial charge >= 0.3 is 0 Å². The predicted octanol–water partition coefficient (Wildman–Crippen LogP) is 2.20. The fourth-order valence-corrected chi connectivity index (χ4v) is 2.18. The van der Waals surface area contributed by atoms with Crippen LogP contribution in [0.5, 0.6) is 0 Å². The van der Waals surface area contributed by atoms with Gasteiger partial charge in [0.1, 0.15) is 0 Å². The van der Waals surface area contributed by atoms with Crippen molar-refractivity contribution in [3.05, 3.63) is 60.1 Å². The lowest BCUT2D eigenvalue weighted by Gasteiger charge is -2.14. The molecule has 0 aliphatic rings. The normalized spacial score (nSPS) is 11.2. The molecule has 0 atom stereocenters. The maximum atomic E-state index is 5.38. The van der Waals surface area contributed by atoms with Gasteiger partial charge in [0.25, 0.3) is 0 Å². The maximum absolute atomic E-state index is 5.38. The molecular weight excluding hydrogens is 266 g/mol. The Labute approximate surface area is 123 Å². The molecule has 0 saturated heterocycles. The number of benzene rings is 1. The van der Waals surface area contributed by atoms with Crippen LogP contribution in [-0.4, -0.2) is 31.9 Å². The summed E-state index contributed by atoms with van der Waals surface area (Å²) in [7, 11) is 2.03. The molecule has 1 aromatic carbocycles. The molecule has 6 heteroatoms. The summed E-state index contributed by atoms with van der Waals surface area (Å²) in [4.78, 5) is 2.13. The van der Waals surface area contributed by atoms with Gasteiger partial charge in [0.15, 0.2) is 0 Å². The Morgan fingerprint density at radius 3 is 2.57 bits per heavy atom. The van der Waals surface area contributed by atoms with Crippen LogP contribution in [0, 0.1) is 6.92 Å². The zero-order valence-corrected chi connectivity index (χ0v) is 12.1. The zero-order valence-electron chi connectivity index (χ0n) is 12.1. The third kappa shape index (κ3) is 3.35. The van der Waals surface area contributed by atoms with Crippen LogP contribution in [0.1, 0.15) is 17.3 Å². The fraction of sp³-hybridized carbons (Fsp3) is 0.267. The van der Waals surface area contributed by atoms with Gasteiger partial charge in [-0.3, -0.25) is 4.90 Å². The second-order valence-corrected chi connectivity index (χ2v) is 5.00. The molecule has 0 aliphatic carbocycles. The lowest BCUT2D eigenvalue weighted by atomic mass is 10.2. The number of nitrogens with zero attached hydrogens (tertiary/aromatic N) is 5. The van der Waals surface area contributed by atoms with E-state index in [1.54, 1.807) is 13.1 Å². The fourth-order valence-electron chi connectivity index (χ4n) is 2.18. The first-order chi connectivity index (χ1) is 10.2. The number of hydrogen-bond donors (Lipinski definition) is 0. The van der Waals surface area contributed by atoms with E-state index in [-0.39, 0.29) is 0 Å². The van der Waals surface area contributed by atoms with E-state index in [0.717, 1.165) is 12.2 Å². The van der Waals surface area contributed by atoms with Gasteiger partial charge < -0.3 is 4.42 Å². The van der Waals surface area contributed by atoms with Crippen molar-refractivity contribution in [1.29, 1.82) is 0 Å². The molecule has 0 unspecified atom stereocenters. The van der Waals surface area contributed by atoms with Crippen molar-refractivity contribution in [2.24, 2.45) is 0 Å². The molecule has 21 heavy (non-hydrogen) atoms.